The summed E-state index contributed by atoms with van der Waals surface area (Å²) in [6.45, 7) is 2.98. The van der Waals surface area contributed by atoms with E-state index in [1.165, 1.54) is 12.8 Å². The molecule has 2 N–H and O–H groups in total. The number of nitrogens with two attached hydrogens (primary N) is 1. The first-order chi connectivity index (χ1) is 4.41. The van der Waals surface area contributed by atoms with E-state index in [0.717, 1.165) is 6.54 Å². The quantitative estimate of drug-likeness (QED) is 0.344. The molecular formula is C4H11I4NSn. The van der Waals surface area contributed by atoms with Crippen LogP contribution in [-0.2, 0) is 0 Å². The Balaban J connectivity index is 0. The van der Waals surface area contributed by atoms with Crippen molar-refractivity contribution in [3.8, 4) is 0 Å². The van der Waals surface area contributed by atoms with E-state index in [9.17, 15) is 0 Å². The fraction of sp³-hybridized carbons (Fsp3) is 1.00. The molecule has 0 radical (unpaired) electrons. The molecule has 0 atom stereocenters. The van der Waals surface area contributed by atoms with E-state index >= 15 is 0 Å². The van der Waals surface area contributed by atoms with Crippen LogP contribution < -0.4 is 5.73 Å². The van der Waals surface area contributed by atoms with Crippen molar-refractivity contribution in [2.24, 2.45) is 5.73 Å². The summed E-state index contributed by atoms with van der Waals surface area (Å²) in [6, 6.07) is 0. The molecule has 0 aliphatic rings. The molecule has 0 aromatic carbocycles. The number of hydrogen-bond acceptors (Lipinski definition) is 1. The summed E-state index contributed by atoms with van der Waals surface area (Å²) in [5.41, 5.74) is 5.14. The van der Waals surface area contributed by atoms with Crippen LogP contribution in [0.3, 0.4) is 0 Å². The summed E-state index contributed by atoms with van der Waals surface area (Å²) in [5, 5.41) is 0. The van der Waals surface area contributed by atoms with Crippen molar-refractivity contribution in [2.45, 2.75) is 19.8 Å². The van der Waals surface area contributed by atoms with Gasteiger partial charge in [0.05, 0.1) is 0 Å². The molecule has 0 aromatic heterocycles. The molecule has 0 spiro atoms. The molecule has 0 heterocycles. The predicted molar refractivity (Wildman–Crippen MR) is 85.8 cm³/mol. The van der Waals surface area contributed by atoms with Crippen LogP contribution in [0.4, 0.5) is 0 Å². The first-order valence-corrected chi connectivity index (χ1v) is 36.1. The van der Waals surface area contributed by atoms with E-state index in [-0.39, 0.29) is 0 Å². The summed E-state index contributed by atoms with van der Waals surface area (Å²) in [4.78, 5) is 0. The summed E-state index contributed by atoms with van der Waals surface area (Å²) in [7, 11) is 0. The van der Waals surface area contributed by atoms with Crippen LogP contribution in [0.25, 0.3) is 0 Å². The molecule has 0 unspecified atom stereocenters. The Bertz CT molecular complexity index is 56.8. The number of unbranched alkanes of at least 4 members (excludes halogenated alkanes) is 1. The van der Waals surface area contributed by atoms with Crippen molar-refractivity contribution in [1.29, 1.82) is 0 Å². The molecule has 0 saturated heterocycles. The van der Waals surface area contributed by atoms with Crippen LogP contribution in [0.5, 0.6) is 0 Å². The SMILES string of the molecule is CCCCN.[I][Sn]([I])([I])[I]. The predicted octanol–water partition coefficient (Wildman–Crippen LogP) is 3.91. The zero-order valence-corrected chi connectivity index (χ0v) is 17.2. The van der Waals surface area contributed by atoms with Crippen LogP contribution in [-0.4, -0.2) is 9.05 Å². The van der Waals surface area contributed by atoms with Crippen LogP contribution in [0.15, 0.2) is 0 Å². The molecule has 0 rings (SSSR count). The molecule has 10 heavy (non-hydrogen) atoms. The Labute approximate surface area is 106 Å². The van der Waals surface area contributed by atoms with Gasteiger partial charge in [-0.3, -0.25) is 0 Å². The van der Waals surface area contributed by atoms with E-state index < -0.39 is 2.50 Å². The van der Waals surface area contributed by atoms with Gasteiger partial charge < -0.3 is 5.73 Å². The van der Waals surface area contributed by atoms with E-state index in [1.54, 1.807) is 0 Å². The number of rotatable bonds is 2. The van der Waals surface area contributed by atoms with Crippen molar-refractivity contribution in [2.75, 3.05) is 6.54 Å². The molecule has 0 aromatic rings. The van der Waals surface area contributed by atoms with Crippen LogP contribution in [0, 0.1) is 0 Å². The molecule has 0 aliphatic heterocycles. The Morgan fingerprint density at radius 1 is 1.20 bits per heavy atom. The fourth-order valence-corrected chi connectivity index (χ4v) is 0.204. The van der Waals surface area contributed by atoms with Crippen LogP contribution in [0.2, 0.25) is 0 Å². The van der Waals surface area contributed by atoms with E-state index in [4.69, 9.17) is 5.73 Å². The Morgan fingerprint density at radius 3 is 1.50 bits per heavy atom. The third-order valence-electron chi connectivity index (χ3n) is 0.558. The standard InChI is InChI=1S/C4H11N.4HI.Sn/c1-2-3-4-5;;;;;/h2-5H2,1H3;4*1H;/q;;;;;+4/p-4. The second kappa shape index (κ2) is 10.8. The average molecular weight is 699 g/mol. The summed E-state index contributed by atoms with van der Waals surface area (Å²) >= 11 is 10.2. The molecule has 0 bridgehead atoms. The average Bonchev–Trinajstić information content (AvgIpc) is 1.63. The van der Waals surface area contributed by atoms with Crippen LogP contribution in [0.1, 0.15) is 19.8 Å². The molecule has 6 heteroatoms. The Morgan fingerprint density at radius 2 is 1.50 bits per heavy atom. The van der Waals surface area contributed by atoms with E-state index in [0.29, 0.717) is 0 Å². The molecular weight excluding hydrogens is 688 g/mol. The third-order valence-corrected chi connectivity index (χ3v) is 0.558. The molecule has 0 aliphatic carbocycles. The Hall–Kier alpha value is 3.68. The van der Waals surface area contributed by atoms with Gasteiger partial charge in [-0.1, -0.05) is 13.3 Å². The Kier molecular flexibility index (Phi) is 17.3. The van der Waals surface area contributed by atoms with E-state index in [1.807, 2.05) is 0 Å². The van der Waals surface area contributed by atoms with Gasteiger partial charge in [0.2, 0.25) is 0 Å². The summed E-state index contributed by atoms with van der Waals surface area (Å²) in [6.07, 6.45) is 2.39. The zero-order chi connectivity index (χ0) is 8.62. The molecule has 1 nitrogen and oxygen atoms in total. The van der Waals surface area contributed by atoms with Crippen molar-refractivity contribution in [1.82, 2.24) is 0 Å². The van der Waals surface area contributed by atoms with Crippen molar-refractivity contribution in [3.63, 3.8) is 0 Å². The summed E-state index contributed by atoms with van der Waals surface area (Å²) in [5.74, 6) is 0. The maximum atomic E-state index is 5.14. The number of hydrogen-bond donors (Lipinski definition) is 1. The monoisotopic (exact) mass is 701 g/mol. The molecule has 0 saturated carbocycles. The summed E-state index contributed by atoms with van der Waals surface area (Å²) < 4.78 is -1.30. The van der Waals surface area contributed by atoms with Gasteiger partial charge in [-0.2, -0.15) is 0 Å². The third kappa shape index (κ3) is 41.3. The molecule has 0 amide bonds. The normalized spacial score (nSPS) is 10.2. The minimum absolute atomic E-state index is 0.844. The van der Waals surface area contributed by atoms with Gasteiger partial charge in [-0.05, 0) is 13.0 Å². The van der Waals surface area contributed by atoms with Crippen LogP contribution >= 0.6 is 74.5 Å². The van der Waals surface area contributed by atoms with Crippen molar-refractivity contribution >= 4 is 77.0 Å². The zero-order valence-electron chi connectivity index (χ0n) is 5.71. The first kappa shape index (κ1) is 16.1. The number of halogens is 4. The molecule has 64 valence electrons. The minimum atomic E-state index is -1.30. The van der Waals surface area contributed by atoms with Gasteiger partial charge in [0.1, 0.15) is 0 Å². The maximum absolute atomic E-state index is 5.14. The van der Waals surface area contributed by atoms with Gasteiger partial charge in [-0.15, -0.1) is 0 Å². The topological polar surface area (TPSA) is 26.0 Å². The van der Waals surface area contributed by atoms with Gasteiger partial charge >= 0.3 is 77.0 Å². The van der Waals surface area contributed by atoms with Gasteiger partial charge in [0.15, 0.2) is 0 Å². The van der Waals surface area contributed by atoms with Gasteiger partial charge in [-0.25, -0.2) is 0 Å². The fourth-order valence-electron chi connectivity index (χ4n) is 0.204. The van der Waals surface area contributed by atoms with Gasteiger partial charge in [0, 0.05) is 0 Å². The van der Waals surface area contributed by atoms with Crippen molar-refractivity contribution in [3.05, 3.63) is 0 Å². The van der Waals surface area contributed by atoms with Crippen molar-refractivity contribution < 1.29 is 0 Å². The van der Waals surface area contributed by atoms with E-state index in [2.05, 4.69) is 81.5 Å². The second-order valence-corrected chi connectivity index (χ2v) is 131. The second-order valence-electron chi connectivity index (χ2n) is 1.57. The van der Waals surface area contributed by atoms with Gasteiger partial charge in [0.25, 0.3) is 0 Å². The molecule has 0 fully saturated rings. The first-order valence-electron chi connectivity index (χ1n) is 2.87.